The third kappa shape index (κ3) is 2.64. The number of anilines is 1. The summed E-state index contributed by atoms with van der Waals surface area (Å²) in [4.78, 5) is 11.4. The fraction of sp³-hybridized carbons (Fsp3) is 0.533. The standard InChI is InChI=1S/C15H20N2O3/c1-2-16-15(11-5-6-19-8-11)10-3-4-13-12(7-10)17-14(18)9-20-13/h3-4,7,11,15-16H,2,5-6,8-9H2,1H3,(H,17,18). The molecule has 0 aliphatic carbocycles. The van der Waals surface area contributed by atoms with Crippen molar-refractivity contribution < 1.29 is 14.3 Å². The number of hydrogen-bond donors (Lipinski definition) is 2. The molecule has 20 heavy (non-hydrogen) atoms. The molecule has 0 radical (unpaired) electrons. The minimum Gasteiger partial charge on any atom is -0.482 e. The van der Waals surface area contributed by atoms with Crippen LogP contribution in [0.3, 0.4) is 0 Å². The predicted molar refractivity (Wildman–Crippen MR) is 75.9 cm³/mol. The van der Waals surface area contributed by atoms with Crippen molar-refractivity contribution >= 4 is 11.6 Å². The lowest BCUT2D eigenvalue weighted by Gasteiger charge is -2.26. The molecular formula is C15H20N2O3. The highest BCUT2D eigenvalue weighted by Crippen LogP contribution is 2.34. The second kappa shape index (κ2) is 5.81. The Morgan fingerprint density at radius 3 is 3.15 bits per heavy atom. The highest BCUT2D eigenvalue weighted by molar-refractivity contribution is 5.95. The van der Waals surface area contributed by atoms with Gasteiger partial charge in [-0.15, -0.1) is 0 Å². The molecule has 2 unspecified atom stereocenters. The number of fused-ring (bicyclic) bond motifs is 1. The maximum atomic E-state index is 11.4. The van der Waals surface area contributed by atoms with Crippen LogP contribution in [-0.2, 0) is 9.53 Å². The highest BCUT2D eigenvalue weighted by Gasteiger charge is 2.27. The van der Waals surface area contributed by atoms with Gasteiger partial charge in [0, 0.05) is 18.6 Å². The molecule has 2 aliphatic rings. The average molecular weight is 276 g/mol. The molecule has 1 aromatic carbocycles. The van der Waals surface area contributed by atoms with E-state index in [1.807, 2.05) is 12.1 Å². The minimum absolute atomic E-state index is 0.0967. The smallest absolute Gasteiger partial charge is 0.262 e. The lowest BCUT2D eigenvalue weighted by atomic mass is 9.91. The summed E-state index contributed by atoms with van der Waals surface area (Å²) in [5.74, 6) is 1.12. The number of carbonyl (C=O) groups is 1. The molecule has 0 spiro atoms. The molecule has 108 valence electrons. The molecule has 2 N–H and O–H groups in total. The van der Waals surface area contributed by atoms with Crippen molar-refractivity contribution in [3.63, 3.8) is 0 Å². The lowest BCUT2D eigenvalue weighted by molar-refractivity contribution is -0.118. The summed E-state index contributed by atoms with van der Waals surface area (Å²) in [6, 6.07) is 6.27. The molecular weight excluding hydrogens is 256 g/mol. The van der Waals surface area contributed by atoms with Gasteiger partial charge < -0.3 is 20.1 Å². The van der Waals surface area contributed by atoms with Gasteiger partial charge in [0.1, 0.15) is 5.75 Å². The zero-order valence-corrected chi connectivity index (χ0v) is 11.6. The largest absolute Gasteiger partial charge is 0.482 e. The van der Waals surface area contributed by atoms with E-state index in [1.165, 1.54) is 5.56 Å². The highest BCUT2D eigenvalue weighted by atomic mass is 16.5. The van der Waals surface area contributed by atoms with Gasteiger partial charge in [-0.2, -0.15) is 0 Å². The van der Waals surface area contributed by atoms with Gasteiger partial charge in [-0.1, -0.05) is 13.0 Å². The Kier molecular flexibility index (Phi) is 3.89. The van der Waals surface area contributed by atoms with E-state index in [-0.39, 0.29) is 18.6 Å². The van der Waals surface area contributed by atoms with Crippen molar-refractivity contribution in [2.24, 2.45) is 5.92 Å². The first-order valence-electron chi connectivity index (χ1n) is 7.15. The van der Waals surface area contributed by atoms with E-state index in [1.54, 1.807) is 0 Å². The molecule has 1 fully saturated rings. The molecule has 2 aliphatic heterocycles. The van der Waals surface area contributed by atoms with Crippen LogP contribution in [0.4, 0.5) is 5.69 Å². The van der Waals surface area contributed by atoms with Crippen molar-refractivity contribution in [2.45, 2.75) is 19.4 Å². The van der Waals surface area contributed by atoms with Crippen LogP contribution in [0, 0.1) is 5.92 Å². The first-order chi connectivity index (χ1) is 9.78. The maximum Gasteiger partial charge on any atom is 0.262 e. The summed E-state index contributed by atoms with van der Waals surface area (Å²) in [5, 5.41) is 6.39. The second-order valence-electron chi connectivity index (χ2n) is 5.25. The van der Waals surface area contributed by atoms with Crippen molar-refractivity contribution in [3.8, 4) is 5.75 Å². The molecule has 1 amide bonds. The van der Waals surface area contributed by atoms with Gasteiger partial charge in [0.05, 0.1) is 12.3 Å². The maximum absolute atomic E-state index is 11.4. The summed E-state index contributed by atoms with van der Waals surface area (Å²) >= 11 is 0. The molecule has 0 saturated carbocycles. The first-order valence-corrected chi connectivity index (χ1v) is 7.15. The van der Waals surface area contributed by atoms with Crippen LogP contribution in [0.5, 0.6) is 5.75 Å². The molecule has 5 nitrogen and oxygen atoms in total. The van der Waals surface area contributed by atoms with Gasteiger partial charge >= 0.3 is 0 Å². The van der Waals surface area contributed by atoms with Crippen molar-refractivity contribution in [3.05, 3.63) is 23.8 Å². The Morgan fingerprint density at radius 1 is 1.50 bits per heavy atom. The Hall–Kier alpha value is -1.59. The molecule has 2 heterocycles. The molecule has 0 aromatic heterocycles. The molecule has 3 rings (SSSR count). The van der Waals surface area contributed by atoms with Crippen LogP contribution in [0.25, 0.3) is 0 Å². The van der Waals surface area contributed by atoms with Crippen LogP contribution in [0.2, 0.25) is 0 Å². The van der Waals surface area contributed by atoms with Gasteiger partial charge in [-0.05, 0) is 30.7 Å². The normalized spacial score (nSPS) is 22.9. The van der Waals surface area contributed by atoms with Gasteiger partial charge in [0.2, 0.25) is 0 Å². The third-order valence-electron chi connectivity index (χ3n) is 3.86. The number of amides is 1. The van der Waals surface area contributed by atoms with E-state index < -0.39 is 0 Å². The minimum atomic E-state index is -0.0983. The van der Waals surface area contributed by atoms with Crippen molar-refractivity contribution in [1.82, 2.24) is 5.32 Å². The van der Waals surface area contributed by atoms with E-state index in [9.17, 15) is 4.79 Å². The van der Waals surface area contributed by atoms with Gasteiger partial charge in [0.25, 0.3) is 5.91 Å². The second-order valence-corrected chi connectivity index (χ2v) is 5.25. The van der Waals surface area contributed by atoms with Crippen LogP contribution in [0.1, 0.15) is 24.9 Å². The van der Waals surface area contributed by atoms with E-state index in [2.05, 4.69) is 23.6 Å². The lowest BCUT2D eigenvalue weighted by Crippen LogP contribution is -2.29. The molecule has 0 bridgehead atoms. The van der Waals surface area contributed by atoms with Gasteiger partial charge in [-0.3, -0.25) is 4.79 Å². The third-order valence-corrected chi connectivity index (χ3v) is 3.86. The van der Waals surface area contributed by atoms with Gasteiger partial charge in [0.15, 0.2) is 6.61 Å². The monoisotopic (exact) mass is 276 g/mol. The number of hydrogen-bond acceptors (Lipinski definition) is 4. The van der Waals surface area contributed by atoms with E-state index in [0.717, 1.165) is 37.6 Å². The van der Waals surface area contributed by atoms with E-state index in [4.69, 9.17) is 9.47 Å². The fourth-order valence-corrected chi connectivity index (χ4v) is 2.89. The fourth-order valence-electron chi connectivity index (χ4n) is 2.89. The Morgan fingerprint density at radius 2 is 2.40 bits per heavy atom. The van der Waals surface area contributed by atoms with Crippen LogP contribution < -0.4 is 15.4 Å². The number of rotatable bonds is 4. The van der Waals surface area contributed by atoms with Gasteiger partial charge in [-0.25, -0.2) is 0 Å². The van der Waals surface area contributed by atoms with Crippen LogP contribution in [-0.4, -0.2) is 32.3 Å². The predicted octanol–water partition coefficient (Wildman–Crippen LogP) is 1.70. The zero-order valence-electron chi connectivity index (χ0n) is 11.6. The Balaban J connectivity index is 1.86. The number of nitrogens with one attached hydrogen (secondary N) is 2. The molecule has 5 heteroatoms. The molecule has 2 atom stereocenters. The van der Waals surface area contributed by atoms with E-state index in [0.29, 0.717) is 5.92 Å². The topological polar surface area (TPSA) is 59.6 Å². The number of ether oxygens (including phenoxy) is 2. The van der Waals surface area contributed by atoms with Crippen molar-refractivity contribution in [1.29, 1.82) is 0 Å². The summed E-state index contributed by atoms with van der Waals surface area (Å²) in [5.41, 5.74) is 1.94. The number of benzene rings is 1. The van der Waals surface area contributed by atoms with Crippen LogP contribution >= 0.6 is 0 Å². The summed E-state index contributed by atoms with van der Waals surface area (Å²) in [6.07, 6.45) is 1.07. The quantitative estimate of drug-likeness (QED) is 0.879. The number of carbonyl (C=O) groups excluding carboxylic acids is 1. The van der Waals surface area contributed by atoms with Crippen LogP contribution in [0.15, 0.2) is 18.2 Å². The average Bonchev–Trinajstić information content (AvgIpc) is 2.98. The Labute approximate surface area is 118 Å². The summed E-state index contributed by atoms with van der Waals surface area (Å²) in [7, 11) is 0. The van der Waals surface area contributed by atoms with Crippen molar-refractivity contribution in [2.75, 3.05) is 31.7 Å². The SMILES string of the molecule is CCNC(c1ccc2c(c1)NC(=O)CO2)C1CCOC1. The molecule has 1 saturated heterocycles. The Bertz CT molecular complexity index is 498. The molecule has 1 aromatic rings. The first kappa shape index (κ1) is 13.4. The zero-order chi connectivity index (χ0) is 13.9. The van der Waals surface area contributed by atoms with E-state index >= 15 is 0 Å². The summed E-state index contributed by atoms with van der Waals surface area (Å²) < 4.78 is 10.9. The summed E-state index contributed by atoms with van der Waals surface area (Å²) in [6.45, 7) is 4.72.